The summed E-state index contributed by atoms with van der Waals surface area (Å²) in [5.74, 6) is 1.68. The van der Waals surface area contributed by atoms with Crippen LogP contribution in [-0.4, -0.2) is 18.1 Å². The summed E-state index contributed by atoms with van der Waals surface area (Å²) in [6.45, 7) is 5.03. The van der Waals surface area contributed by atoms with Crippen molar-refractivity contribution in [1.29, 1.82) is 0 Å². The lowest BCUT2D eigenvalue weighted by molar-refractivity contribution is 0.413. The molecule has 0 unspecified atom stereocenters. The summed E-state index contributed by atoms with van der Waals surface area (Å²) in [7, 11) is 1.64. The highest BCUT2D eigenvalue weighted by atomic mass is 16.5. The normalized spacial score (nSPS) is 10.6. The number of benzene rings is 1. The number of pyridine rings is 1. The number of hydrogen-bond acceptors (Lipinski definition) is 4. The Balaban J connectivity index is 2.25. The maximum atomic E-state index is 6.03. The van der Waals surface area contributed by atoms with Crippen molar-refractivity contribution >= 4 is 11.5 Å². The molecule has 1 aromatic heterocycles. The van der Waals surface area contributed by atoms with Crippen LogP contribution in [0.5, 0.6) is 5.75 Å². The maximum absolute atomic E-state index is 6.03. The molecule has 0 spiro atoms. The van der Waals surface area contributed by atoms with Gasteiger partial charge in [0.15, 0.2) is 0 Å². The van der Waals surface area contributed by atoms with E-state index in [1.54, 1.807) is 13.3 Å². The van der Waals surface area contributed by atoms with Gasteiger partial charge in [-0.3, -0.25) is 0 Å². The van der Waals surface area contributed by atoms with Crippen LogP contribution in [0.25, 0.3) is 0 Å². The molecule has 2 aromatic rings. The second-order valence-electron chi connectivity index (χ2n) is 4.98. The lowest BCUT2D eigenvalue weighted by atomic mass is 10.1. The van der Waals surface area contributed by atoms with E-state index in [2.05, 4.69) is 23.7 Å². The van der Waals surface area contributed by atoms with E-state index in [1.807, 2.05) is 36.4 Å². The van der Waals surface area contributed by atoms with Gasteiger partial charge in [-0.25, -0.2) is 4.98 Å². The SMILES string of the molecule is COc1ccc(N(Cc2ccccc2N)C(C)C)nc1. The molecule has 0 radical (unpaired) electrons. The van der Waals surface area contributed by atoms with Gasteiger partial charge in [0.1, 0.15) is 11.6 Å². The number of methoxy groups -OCH3 is 1. The molecule has 106 valence electrons. The Morgan fingerprint density at radius 3 is 2.50 bits per heavy atom. The molecule has 2 N–H and O–H groups in total. The number of nitrogen functional groups attached to an aromatic ring is 1. The van der Waals surface area contributed by atoms with E-state index in [0.29, 0.717) is 6.04 Å². The average Bonchev–Trinajstić information content (AvgIpc) is 2.46. The Kier molecular flexibility index (Phi) is 4.45. The van der Waals surface area contributed by atoms with Crippen molar-refractivity contribution in [2.24, 2.45) is 0 Å². The van der Waals surface area contributed by atoms with Gasteiger partial charge in [0.25, 0.3) is 0 Å². The van der Waals surface area contributed by atoms with E-state index < -0.39 is 0 Å². The number of para-hydroxylation sites is 1. The van der Waals surface area contributed by atoms with Crippen molar-refractivity contribution in [3.63, 3.8) is 0 Å². The Hall–Kier alpha value is -2.23. The fraction of sp³-hybridized carbons (Fsp3) is 0.312. The van der Waals surface area contributed by atoms with Gasteiger partial charge in [0.2, 0.25) is 0 Å². The highest BCUT2D eigenvalue weighted by Gasteiger charge is 2.13. The number of hydrogen-bond donors (Lipinski definition) is 1. The zero-order valence-corrected chi connectivity index (χ0v) is 12.2. The lowest BCUT2D eigenvalue weighted by Gasteiger charge is -2.28. The van der Waals surface area contributed by atoms with Crippen LogP contribution in [0.3, 0.4) is 0 Å². The Morgan fingerprint density at radius 1 is 1.20 bits per heavy atom. The fourth-order valence-electron chi connectivity index (χ4n) is 2.05. The van der Waals surface area contributed by atoms with Crippen LogP contribution < -0.4 is 15.4 Å². The molecule has 20 heavy (non-hydrogen) atoms. The van der Waals surface area contributed by atoms with E-state index in [4.69, 9.17) is 10.5 Å². The number of ether oxygens (including phenoxy) is 1. The molecule has 4 heteroatoms. The van der Waals surface area contributed by atoms with Gasteiger partial charge >= 0.3 is 0 Å². The molecular formula is C16H21N3O. The second-order valence-corrected chi connectivity index (χ2v) is 4.98. The summed E-state index contributed by atoms with van der Waals surface area (Å²) >= 11 is 0. The zero-order chi connectivity index (χ0) is 14.5. The summed E-state index contributed by atoms with van der Waals surface area (Å²) in [5, 5.41) is 0. The van der Waals surface area contributed by atoms with Crippen LogP contribution in [0.2, 0.25) is 0 Å². The number of rotatable bonds is 5. The predicted molar refractivity (Wildman–Crippen MR) is 83.0 cm³/mol. The van der Waals surface area contributed by atoms with Crippen LogP contribution >= 0.6 is 0 Å². The molecule has 0 fully saturated rings. The summed E-state index contributed by atoms with van der Waals surface area (Å²) in [6, 6.07) is 12.2. The van der Waals surface area contributed by atoms with Crippen LogP contribution in [0.4, 0.5) is 11.5 Å². The van der Waals surface area contributed by atoms with Crippen LogP contribution in [0, 0.1) is 0 Å². The Labute approximate surface area is 120 Å². The number of nitrogens with two attached hydrogens (primary N) is 1. The first-order chi connectivity index (χ1) is 9.61. The average molecular weight is 271 g/mol. The predicted octanol–water partition coefficient (Wildman–Crippen LogP) is 3.09. The molecule has 0 amide bonds. The van der Waals surface area contributed by atoms with Crippen molar-refractivity contribution in [3.8, 4) is 5.75 Å². The summed E-state index contributed by atoms with van der Waals surface area (Å²) in [6.07, 6.45) is 1.74. The van der Waals surface area contributed by atoms with E-state index in [9.17, 15) is 0 Å². The maximum Gasteiger partial charge on any atom is 0.137 e. The molecule has 2 rings (SSSR count). The van der Waals surface area contributed by atoms with Gasteiger partial charge in [-0.15, -0.1) is 0 Å². The highest BCUT2D eigenvalue weighted by molar-refractivity contribution is 5.50. The van der Waals surface area contributed by atoms with E-state index in [1.165, 1.54) is 0 Å². The van der Waals surface area contributed by atoms with Crippen LogP contribution in [0.1, 0.15) is 19.4 Å². The monoisotopic (exact) mass is 271 g/mol. The molecule has 1 aromatic carbocycles. The third kappa shape index (κ3) is 3.20. The van der Waals surface area contributed by atoms with Crippen molar-refractivity contribution in [3.05, 3.63) is 48.2 Å². The molecule has 4 nitrogen and oxygen atoms in total. The molecular weight excluding hydrogens is 250 g/mol. The number of aromatic nitrogens is 1. The minimum absolute atomic E-state index is 0.329. The van der Waals surface area contributed by atoms with Crippen molar-refractivity contribution in [1.82, 2.24) is 4.98 Å². The molecule has 0 saturated carbocycles. The van der Waals surface area contributed by atoms with E-state index >= 15 is 0 Å². The Bertz CT molecular complexity index is 552. The standard InChI is InChI=1S/C16H21N3O/c1-12(2)19(11-13-6-4-5-7-15(13)17)16-9-8-14(20-3)10-18-16/h4-10,12H,11,17H2,1-3H3. The van der Waals surface area contributed by atoms with Crippen molar-refractivity contribution in [2.75, 3.05) is 17.7 Å². The van der Waals surface area contributed by atoms with Crippen LogP contribution in [-0.2, 0) is 6.54 Å². The van der Waals surface area contributed by atoms with Gasteiger partial charge in [0.05, 0.1) is 13.3 Å². The van der Waals surface area contributed by atoms with Gasteiger partial charge in [-0.1, -0.05) is 18.2 Å². The quantitative estimate of drug-likeness (QED) is 0.849. The fourth-order valence-corrected chi connectivity index (χ4v) is 2.05. The number of anilines is 2. The minimum Gasteiger partial charge on any atom is -0.495 e. The Morgan fingerprint density at radius 2 is 1.95 bits per heavy atom. The van der Waals surface area contributed by atoms with Gasteiger partial charge in [-0.05, 0) is 37.6 Å². The third-order valence-corrected chi connectivity index (χ3v) is 3.27. The smallest absolute Gasteiger partial charge is 0.137 e. The molecule has 0 aliphatic carbocycles. The molecule has 0 aliphatic rings. The highest BCUT2D eigenvalue weighted by Crippen LogP contribution is 2.22. The first-order valence-electron chi connectivity index (χ1n) is 6.72. The summed E-state index contributed by atoms with van der Waals surface area (Å²) < 4.78 is 5.15. The van der Waals surface area contributed by atoms with Crippen molar-refractivity contribution < 1.29 is 4.74 Å². The number of nitrogens with zero attached hydrogens (tertiary/aromatic N) is 2. The summed E-state index contributed by atoms with van der Waals surface area (Å²) in [4.78, 5) is 6.67. The first kappa shape index (κ1) is 14.2. The van der Waals surface area contributed by atoms with Gasteiger partial charge < -0.3 is 15.4 Å². The third-order valence-electron chi connectivity index (χ3n) is 3.27. The summed E-state index contributed by atoms with van der Waals surface area (Å²) in [5.41, 5.74) is 7.95. The topological polar surface area (TPSA) is 51.4 Å². The molecule has 0 saturated heterocycles. The van der Waals surface area contributed by atoms with E-state index in [-0.39, 0.29) is 0 Å². The van der Waals surface area contributed by atoms with E-state index in [0.717, 1.165) is 29.4 Å². The first-order valence-corrected chi connectivity index (χ1v) is 6.72. The molecule has 0 atom stereocenters. The van der Waals surface area contributed by atoms with Crippen LogP contribution in [0.15, 0.2) is 42.6 Å². The lowest BCUT2D eigenvalue weighted by Crippen LogP contribution is -2.31. The van der Waals surface area contributed by atoms with Gasteiger partial charge in [0, 0.05) is 18.3 Å². The second kappa shape index (κ2) is 6.28. The van der Waals surface area contributed by atoms with Crippen molar-refractivity contribution in [2.45, 2.75) is 26.4 Å². The minimum atomic E-state index is 0.329. The molecule has 0 aliphatic heterocycles. The molecule has 0 bridgehead atoms. The largest absolute Gasteiger partial charge is 0.495 e. The van der Waals surface area contributed by atoms with Gasteiger partial charge in [-0.2, -0.15) is 0 Å². The molecule has 1 heterocycles. The zero-order valence-electron chi connectivity index (χ0n) is 12.2.